The molecule has 1 heterocycles. The van der Waals surface area contributed by atoms with Crippen molar-refractivity contribution in [2.24, 2.45) is 11.8 Å². The van der Waals surface area contributed by atoms with Crippen molar-refractivity contribution in [2.75, 3.05) is 40.3 Å². The summed E-state index contributed by atoms with van der Waals surface area (Å²) in [5, 5.41) is 21.2. The Morgan fingerprint density at radius 2 is 1.97 bits per heavy atom. The van der Waals surface area contributed by atoms with E-state index in [-0.39, 0.29) is 30.0 Å². The van der Waals surface area contributed by atoms with Gasteiger partial charge in [-0.25, -0.2) is 14.0 Å². The van der Waals surface area contributed by atoms with Gasteiger partial charge in [0, 0.05) is 43.7 Å². The van der Waals surface area contributed by atoms with Gasteiger partial charge in [-0.1, -0.05) is 49.8 Å². The van der Waals surface area contributed by atoms with Crippen LogP contribution >= 0.6 is 0 Å². The van der Waals surface area contributed by atoms with E-state index in [1.807, 2.05) is 14.0 Å². The summed E-state index contributed by atoms with van der Waals surface area (Å²) >= 11 is 0. The molecule has 2 fully saturated rings. The van der Waals surface area contributed by atoms with Crippen LogP contribution in [0.1, 0.15) is 75.3 Å². The fourth-order valence-electron chi connectivity index (χ4n) is 6.23. The van der Waals surface area contributed by atoms with E-state index in [1.165, 1.54) is 45.3 Å². The highest BCUT2D eigenvalue weighted by Crippen LogP contribution is 2.41. The molecule has 9 heteroatoms. The maximum atomic E-state index is 15.1. The average molecular weight is 535 g/mol. The normalized spacial score (nSPS) is 20.9. The Balaban J connectivity index is 1.72. The summed E-state index contributed by atoms with van der Waals surface area (Å²) in [6.07, 6.45) is 8.81. The minimum Gasteiger partial charge on any atom is -0.453 e. The van der Waals surface area contributed by atoms with Crippen molar-refractivity contribution < 1.29 is 23.8 Å². The van der Waals surface area contributed by atoms with Gasteiger partial charge in [0.15, 0.2) is 0 Å². The van der Waals surface area contributed by atoms with Crippen molar-refractivity contribution in [3.63, 3.8) is 0 Å². The molecule has 2 aliphatic rings. The molecule has 1 aromatic carbocycles. The number of hydrogen-bond donors (Lipinski definition) is 4. The van der Waals surface area contributed by atoms with Crippen molar-refractivity contribution in [3.05, 3.63) is 35.1 Å². The highest BCUT2D eigenvalue weighted by molar-refractivity contribution is 5.74. The van der Waals surface area contributed by atoms with Crippen molar-refractivity contribution in [3.8, 4) is 0 Å². The molecule has 8 nitrogen and oxygen atoms in total. The third-order valence-electron chi connectivity index (χ3n) is 8.28. The first kappa shape index (κ1) is 30.2. The van der Waals surface area contributed by atoms with Gasteiger partial charge in [-0.05, 0) is 58.1 Å². The number of hydrogen-bond acceptors (Lipinski definition) is 5. The summed E-state index contributed by atoms with van der Waals surface area (Å²) in [5.74, 6) is -0.149. The summed E-state index contributed by atoms with van der Waals surface area (Å²) in [6.45, 7) is 3.83. The Morgan fingerprint density at radius 3 is 2.68 bits per heavy atom. The molecule has 4 N–H and O–H groups in total. The maximum Gasteiger partial charge on any atom is 0.406 e. The lowest BCUT2D eigenvalue weighted by Crippen LogP contribution is -2.54. The summed E-state index contributed by atoms with van der Waals surface area (Å²) in [7, 11) is 3.20. The van der Waals surface area contributed by atoms with Crippen LogP contribution in [0, 0.1) is 24.6 Å². The molecule has 1 aliphatic carbocycles. The second kappa shape index (κ2) is 14.7. The number of carbonyl (C=O) groups excluding carboxylic acids is 2. The fraction of sp³-hybridized carbons (Fsp3) is 0.724. The molecule has 38 heavy (non-hydrogen) atoms. The minimum absolute atomic E-state index is 0.0495. The Bertz CT molecular complexity index is 911. The molecule has 0 radical (unpaired) electrons. The van der Waals surface area contributed by atoms with Crippen LogP contribution in [0.5, 0.6) is 0 Å². The first-order chi connectivity index (χ1) is 18.3. The Labute approximate surface area is 227 Å². The molecular formula is C29H47FN4O4. The van der Waals surface area contributed by atoms with Crippen molar-refractivity contribution >= 4 is 12.1 Å². The first-order valence-corrected chi connectivity index (χ1v) is 14.3. The number of rotatable bonds is 11. The van der Waals surface area contributed by atoms with Crippen LogP contribution in [0.4, 0.5) is 14.0 Å². The molecule has 3 rings (SSSR count). The number of nitrogens with one attached hydrogen (secondary N) is 3. The standard InChI is InChI=1S/C29H47FN4O4/c1-21-12-13-26(30)25(17-21)29(37,14-8-15-32-28(36)38-3)23-11-7-16-34(20-23)27(35)33-24(19-31-2)18-22-9-5-4-6-10-22/h12-13,17,22-24,31,37H,4-11,14-16,18-20H2,1-3H3,(H,32,36)(H,33,35)/t23-,24+,29+/m1/s1. The Kier molecular flexibility index (Phi) is 11.6. The highest BCUT2D eigenvalue weighted by atomic mass is 19.1. The molecular weight excluding hydrogens is 487 g/mol. The average Bonchev–Trinajstić information content (AvgIpc) is 2.92. The van der Waals surface area contributed by atoms with Crippen LogP contribution in [-0.2, 0) is 10.3 Å². The minimum atomic E-state index is -1.47. The lowest BCUT2D eigenvalue weighted by molar-refractivity contribution is -0.0577. The number of aryl methyl sites for hydroxylation is 1. The molecule has 1 saturated heterocycles. The molecule has 214 valence electrons. The molecule has 0 unspecified atom stereocenters. The predicted octanol–water partition coefficient (Wildman–Crippen LogP) is 4.44. The van der Waals surface area contributed by atoms with Crippen molar-refractivity contribution in [1.29, 1.82) is 0 Å². The third kappa shape index (κ3) is 8.30. The van der Waals surface area contributed by atoms with E-state index in [1.54, 1.807) is 17.0 Å². The maximum absolute atomic E-state index is 15.1. The number of nitrogens with zero attached hydrogens (tertiary/aromatic N) is 1. The monoisotopic (exact) mass is 534 g/mol. The van der Waals surface area contributed by atoms with Crippen LogP contribution in [-0.4, -0.2) is 68.5 Å². The number of likely N-dealkylation sites (N-methyl/N-ethyl adjacent to an activating group) is 1. The summed E-state index contributed by atoms with van der Waals surface area (Å²) < 4.78 is 19.7. The SMILES string of the molecule is CNC[C@H](CC1CCCCC1)NC(=O)N1CCC[C@@H]([C@@](O)(CCCNC(=O)OC)c2cc(C)ccc2F)C1. The number of piperidine rings is 1. The van der Waals surface area contributed by atoms with E-state index in [0.29, 0.717) is 44.9 Å². The number of benzene rings is 1. The number of urea groups is 1. The second-order valence-corrected chi connectivity index (χ2v) is 11.2. The van der Waals surface area contributed by atoms with E-state index in [0.717, 1.165) is 18.4 Å². The van der Waals surface area contributed by atoms with Gasteiger partial charge in [-0.15, -0.1) is 0 Å². The van der Waals surface area contributed by atoms with Crippen LogP contribution in [0.2, 0.25) is 0 Å². The number of amides is 3. The zero-order chi connectivity index (χ0) is 27.5. The fourth-order valence-corrected chi connectivity index (χ4v) is 6.23. The number of likely N-dealkylation sites (tertiary alicyclic amines) is 1. The van der Waals surface area contributed by atoms with Crippen LogP contribution in [0.15, 0.2) is 18.2 Å². The molecule has 1 aromatic rings. The number of carbonyl (C=O) groups is 2. The van der Waals surface area contributed by atoms with Crippen molar-refractivity contribution in [1.82, 2.24) is 20.9 Å². The number of ether oxygens (including phenoxy) is 1. The summed E-state index contributed by atoms with van der Waals surface area (Å²) in [5.41, 5.74) is -0.358. The summed E-state index contributed by atoms with van der Waals surface area (Å²) in [4.78, 5) is 26.6. The van der Waals surface area contributed by atoms with E-state index >= 15 is 4.39 Å². The number of halogens is 1. The molecule has 1 aliphatic heterocycles. The number of aliphatic hydroxyl groups is 1. The van der Waals surface area contributed by atoms with Gasteiger partial charge in [-0.2, -0.15) is 0 Å². The molecule has 0 bridgehead atoms. The largest absolute Gasteiger partial charge is 0.453 e. The molecule has 0 spiro atoms. The number of alkyl carbamates (subject to hydrolysis) is 1. The van der Waals surface area contributed by atoms with Gasteiger partial charge < -0.3 is 30.7 Å². The van der Waals surface area contributed by atoms with Gasteiger partial charge >= 0.3 is 12.1 Å². The third-order valence-corrected chi connectivity index (χ3v) is 8.28. The van der Waals surface area contributed by atoms with E-state index < -0.39 is 17.5 Å². The van der Waals surface area contributed by atoms with Gasteiger partial charge in [0.2, 0.25) is 0 Å². The van der Waals surface area contributed by atoms with Gasteiger partial charge in [0.05, 0.1) is 12.7 Å². The Hall–Kier alpha value is -2.39. The topological polar surface area (TPSA) is 103 Å². The van der Waals surface area contributed by atoms with E-state index in [2.05, 4.69) is 20.7 Å². The predicted molar refractivity (Wildman–Crippen MR) is 146 cm³/mol. The smallest absolute Gasteiger partial charge is 0.406 e. The molecule has 3 atom stereocenters. The first-order valence-electron chi connectivity index (χ1n) is 14.3. The van der Waals surface area contributed by atoms with Crippen LogP contribution in [0.25, 0.3) is 0 Å². The Morgan fingerprint density at radius 1 is 1.21 bits per heavy atom. The number of methoxy groups -OCH3 is 1. The molecule has 1 saturated carbocycles. The molecule has 0 aromatic heterocycles. The van der Waals surface area contributed by atoms with Crippen LogP contribution in [0.3, 0.4) is 0 Å². The van der Waals surface area contributed by atoms with Crippen LogP contribution < -0.4 is 16.0 Å². The van der Waals surface area contributed by atoms with Gasteiger partial charge in [-0.3, -0.25) is 0 Å². The highest BCUT2D eigenvalue weighted by Gasteiger charge is 2.43. The molecule has 3 amide bonds. The van der Waals surface area contributed by atoms with Gasteiger partial charge in [0.25, 0.3) is 0 Å². The van der Waals surface area contributed by atoms with E-state index in [4.69, 9.17) is 0 Å². The zero-order valence-electron chi connectivity index (χ0n) is 23.4. The van der Waals surface area contributed by atoms with E-state index in [9.17, 15) is 14.7 Å². The quantitative estimate of drug-likeness (QED) is 0.315. The zero-order valence-corrected chi connectivity index (χ0v) is 23.4. The lowest BCUT2D eigenvalue weighted by atomic mass is 9.73. The summed E-state index contributed by atoms with van der Waals surface area (Å²) in [6, 6.07) is 4.71. The second-order valence-electron chi connectivity index (χ2n) is 11.2. The van der Waals surface area contributed by atoms with Crippen molar-refractivity contribution in [2.45, 2.75) is 82.8 Å². The van der Waals surface area contributed by atoms with Gasteiger partial charge in [0.1, 0.15) is 5.82 Å². The lowest BCUT2D eigenvalue weighted by Gasteiger charge is -2.43.